The molecule has 0 radical (unpaired) electrons. The van der Waals surface area contributed by atoms with Gasteiger partial charge in [0.2, 0.25) is 0 Å². The Bertz CT molecular complexity index is 443. The van der Waals surface area contributed by atoms with Crippen molar-refractivity contribution >= 4 is 40.5 Å². The summed E-state index contributed by atoms with van der Waals surface area (Å²) in [5.74, 6) is 0.668. The zero-order valence-electron chi connectivity index (χ0n) is 11.2. The molecule has 1 heterocycles. The van der Waals surface area contributed by atoms with Gasteiger partial charge in [-0.25, -0.2) is 0 Å². The van der Waals surface area contributed by atoms with Crippen molar-refractivity contribution in [2.75, 3.05) is 25.5 Å². The quantitative estimate of drug-likeness (QED) is 0.805. The van der Waals surface area contributed by atoms with Crippen molar-refractivity contribution in [3.8, 4) is 0 Å². The maximum absolute atomic E-state index is 6.19. The number of likely N-dealkylation sites (tertiary alicyclic amines) is 1. The van der Waals surface area contributed by atoms with E-state index in [0.29, 0.717) is 27.0 Å². The molecule has 0 spiro atoms. The van der Waals surface area contributed by atoms with E-state index in [2.05, 4.69) is 24.2 Å². The van der Waals surface area contributed by atoms with Crippen LogP contribution in [0.5, 0.6) is 0 Å². The first-order chi connectivity index (χ1) is 8.97. The maximum Gasteiger partial charge on any atom is 0.0653 e. The predicted octanol–water partition coefficient (Wildman–Crippen LogP) is 4.79. The van der Waals surface area contributed by atoms with E-state index in [9.17, 15) is 0 Å². The molecule has 0 bridgehead atoms. The molecule has 5 heteroatoms. The lowest BCUT2D eigenvalue weighted by Gasteiger charge is -2.33. The molecule has 106 valence electrons. The Kier molecular flexibility index (Phi) is 5.24. The average Bonchev–Trinajstić information content (AvgIpc) is 2.36. The standard InChI is InChI=1S/C14H19Cl3N2/c1-9(10-3-5-19(2)6-4-10)18-14-8-12(16)11(15)7-13(14)17/h7-10,18H,3-6H2,1-2H3. The Morgan fingerprint density at radius 3 is 2.32 bits per heavy atom. The molecule has 2 nitrogen and oxygen atoms in total. The van der Waals surface area contributed by atoms with Gasteiger partial charge in [-0.05, 0) is 58.0 Å². The molecule has 1 unspecified atom stereocenters. The molecule has 0 aliphatic carbocycles. The first kappa shape index (κ1) is 15.2. The van der Waals surface area contributed by atoms with E-state index in [1.807, 2.05) is 0 Å². The Morgan fingerprint density at radius 1 is 1.11 bits per heavy atom. The Balaban J connectivity index is 2.02. The van der Waals surface area contributed by atoms with Crippen LogP contribution in [0, 0.1) is 5.92 Å². The number of nitrogens with zero attached hydrogens (tertiary/aromatic N) is 1. The fourth-order valence-corrected chi connectivity index (χ4v) is 3.13. The number of rotatable bonds is 3. The van der Waals surface area contributed by atoms with Crippen LogP contribution in [-0.4, -0.2) is 31.1 Å². The number of nitrogens with one attached hydrogen (secondary N) is 1. The van der Waals surface area contributed by atoms with Crippen molar-refractivity contribution < 1.29 is 0 Å². The molecular formula is C14H19Cl3N2. The largest absolute Gasteiger partial charge is 0.381 e. The average molecular weight is 322 g/mol. The minimum Gasteiger partial charge on any atom is -0.381 e. The topological polar surface area (TPSA) is 15.3 Å². The molecule has 0 aromatic heterocycles. The minimum absolute atomic E-state index is 0.378. The van der Waals surface area contributed by atoms with Gasteiger partial charge in [0.1, 0.15) is 0 Å². The van der Waals surface area contributed by atoms with E-state index in [0.717, 1.165) is 18.8 Å². The predicted molar refractivity (Wildman–Crippen MR) is 84.8 cm³/mol. The van der Waals surface area contributed by atoms with E-state index in [1.165, 1.54) is 12.8 Å². The van der Waals surface area contributed by atoms with Gasteiger partial charge in [-0.1, -0.05) is 34.8 Å². The highest BCUT2D eigenvalue weighted by Crippen LogP contribution is 2.33. The Labute approximate surface area is 130 Å². The first-order valence-electron chi connectivity index (χ1n) is 6.57. The molecule has 0 saturated carbocycles. The fourth-order valence-electron chi connectivity index (χ4n) is 2.52. The van der Waals surface area contributed by atoms with Crippen LogP contribution in [0.3, 0.4) is 0 Å². The van der Waals surface area contributed by atoms with Crippen LogP contribution in [0.25, 0.3) is 0 Å². The third kappa shape index (κ3) is 3.91. The lowest BCUT2D eigenvalue weighted by atomic mass is 9.90. The molecule has 1 aromatic carbocycles. The third-order valence-electron chi connectivity index (χ3n) is 3.86. The SMILES string of the molecule is CC(Nc1cc(Cl)c(Cl)cc1Cl)C1CCN(C)CC1. The minimum atomic E-state index is 0.378. The Morgan fingerprint density at radius 2 is 1.68 bits per heavy atom. The van der Waals surface area contributed by atoms with Gasteiger partial charge in [0, 0.05) is 6.04 Å². The molecular weight excluding hydrogens is 303 g/mol. The maximum atomic E-state index is 6.19. The van der Waals surface area contributed by atoms with E-state index in [1.54, 1.807) is 12.1 Å². The molecule has 1 atom stereocenters. The van der Waals surface area contributed by atoms with Gasteiger partial charge in [0.25, 0.3) is 0 Å². The van der Waals surface area contributed by atoms with Crippen LogP contribution in [0.2, 0.25) is 15.1 Å². The highest BCUT2D eigenvalue weighted by Gasteiger charge is 2.22. The molecule has 1 aliphatic rings. The highest BCUT2D eigenvalue weighted by atomic mass is 35.5. The van der Waals surface area contributed by atoms with Crippen molar-refractivity contribution in [2.24, 2.45) is 5.92 Å². The summed E-state index contributed by atoms with van der Waals surface area (Å²) < 4.78 is 0. The van der Waals surface area contributed by atoms with Crippen LogP contribution in [0.1, 0.15) is 19.8 Å². The summed E-state index contributed by atoms with van der Waals surface area (Å²) in [6, 6.07) is 3.87. The smallest absolute Gasteiger partial charge is 0.0653 e. The second-order valence-corrected chi connectivity index (χ2v) is 6.54. The molecule has 2 rings (SSSR count). The Hall–Kier alpha value is -0.150. The van der Waals surface area contributed by atoms with E-state index in [4.69, 9.17) is 34.8 Å². The number of halogens is 3. The summed E-state index contributed by atoms with van der Waals surface area (Å²) in [7, 11) is 2.17. The van der Waals surface area contributed by atoms with Gasteiger partial charge < -0.3 is 10.2 Å². The molecule has 1 fully saturated rings. The summed E-state index contributed by atoms with van der Waals surface area (Å²) in [5.41, 5.74) is 0.863. The molecule has 0 amide bonds. The van der Waals surface area contributed by atoms with Gasteiger partial charge in [-0.2, -0.15) is 0 Å². The zero-order chi connectivity index (χ0) is 14.0. The van der Waals surface area contributed by atoms with Crippen molar-refractivity contribution in [2.45, 2.75) is 25.8 Å². The first-order valence-corrected chi connectivity index (χ1v) is 7.70. The number of piperidine rings is 1. The van der Waals surface area contributed by atoms with Crippen LogP contribution in [0.4, 0.5) is 5.69 Å². The van der Waals surface area contributed by atoms with Gasteiger partial charge in [0.05, 0.1) is 20.8 Å². The summed E-state index contributed by atoms with van der Waals surface area (Å²) in [5, 5.41) is 5.11. The fraction of sp³-hybridized carbons (Fsp3) is 0.571. The number of anilines is 1. The highest BCUT2D eigenvalue weighted by molar-refractivity contribution is 6.44. The summed E-state index contributed by atoms with van der Waals surface area (Å²) >= 11 is 18.2. The van der Waals surface area contributed by atoms with Crippen molar-refractivity contribution in [3.05, 3.63) is 27.2 Å². The van der Waals surface area contributed by atoms with E-state index < -0.39 is 0 Å². The van der Waals surface area contributed by atoms with Gasteiger partial charge in [-0.15, -0.1) is 0 Å². The summed E-state index contributed by atoms with van der Waals surface area (Å²) in [6.07, 6.45) is 2.42. The van der Waals surface area contributed by atoms with Crippen LogP contribution >= 0.6 is 34.8 Å². The number of hydrogen-bond donors (Lipinski definition) is 1. The summed E-state index contributed by atoms with van der Waals surface area (Å²) in [6.45, 7) is 4.52. The second-order valence-electron chi connectivity index (χ2n) is 5.32. The zero-order valence-corrected chi connectivity index (χ0v) is 13.5. The van der Waals surface area contributed by atoms with Gasteiger partial charge >= 0.3 is 0 Å². The van der Waals surface area contributed by atoms with Crippen molar-refractivity contribution in [1.29, 1.82) is 0 Å². The van der Waals surface area contributed by atoms with Crippen LogP contribution < -0.4 is 5.32 Å². The van der Waals surface area contributed by atoms with Crippen molar-refractivity contribution in [3.63, 3.8) is 0 Å². The normalized spacial score (nSPS) is 19.4. The molecule has 1 aliphatic heterocycles. The van der Waals surface area contributed by atoms with E-state index in [-0.39, 0.29) is 0 Å². The molecule has 19 heavy (non-hydrogen) atoms. The molecule has 1 aromatic rings. The molecule has 1 N–H and O–H groups in total. The second kappa shape index (κ2) is 6.53. The van der Waals surface area contributed by atoms with Crippen LogP contribution in [-0.2, 0) is 0 Å². The lowest BCUT2D eigenvalue weighted by molar-refractivity contribution is 0.208. The number of benzene rings is 1. The third-order valence-corrected chi connectivity index (χ3v) is 4.90. The summed E-state index contributed by atoms with van der Waals surface area (Å²) in [4.78, 5) is 2.37. The lowest BCUT2D eigenvalue weighted by Crippen LogP contribution is -2.37. The van der Waals surface area contributed by atoms with Gasteiger partial charge in [-0.3, -0.25) is 0 Å². The number of hydrogen-bond acceptors (Lipinski definition) is 2. The van der Waals surface area contributed by atoms with Crippen molar-refractivity contribution in [1.82, 2.24) is 4.90 Å². The van der Waals surface area contributed by atoms with Gasteiger partial charge in [0.15, 0.2) is 0 Å². The molecule has 1 saturated heterocycles. The van der Waals surface area contributed by atoms with E-state index >= 15 is 0 Å². The van der Waals surface area contributed by atoms with Crippen LogP contribution in [0.15, 0.2) is 12.1 Å². The monoisotopic (exact) mass is 320 g/mol.